The summed E-state index contributed by atoms with van der Waals surface area (Å²) in [5.74, 6) is -0.605. The molecule has 0 bridgehead atoms. The topological polar surface area (TPSA) is 60.9 Å². The molecule has 1 saturated heterocycles. The third kappa shape index (κ3) is 3.95. The first-order valence-electron chi connectivity index (χ1n) is 10.9. The predicted octanol–water partition coefficient (Wildman–Crippen LogP) is 5.02. The molecule has 2 aromatic rings. The molecule has 164 valence electrons. The molecule has 32 heavy (non-hydrogen) atoms. The number of fused-ring (bicyclic) bond motifs is 3. The first-order valence-corrected chi connectivity index (χ1v) is 12.2. The number of anilines is 1. The number of hydrogen-bond acceptors (Lipinski definition) is 5. The molecule has 1 N–H and O–H groups in total. The van der Waals surface area contributed by atoms with Gasteiger partial charge < -0.3 is 10.0 Å². The summed E-state index contributed by atoms with van der Waals surface area (Å²) in [6.45, 7) is 1.02. The van der Waals surface area contributed by atoms with Crippen molar-refractivity contribution in [3.05, 3.63) is 70.1 Å². The molecule has 2 unspecified atom stereocenters. The van der Waals surface area contributed by atoms with Crippen LogP contribution in [0.3, 0.4) is 0 Å². The van der Waals surface area contributed by atoms with Gasteiger partial charge in [0.25, 0.3) is 5.91 Å². The first-order chi connectivity index (χ1) is 15.5. The number of hydrogen-bond donors (Lipinski definition) is 1. The number of rotatable bonds is 6. The second kappa shape index (κ2) is 8.71. The lowest BCUT2D eigenvalue weighted by atomic mass is 9.96. The van der Waals surface area contributed by atoms with Crippen molar-refractivity contribution < 1.29 is 14.7 Å². The third-order valence-electron chi connectivity index (χ3n) is 6.56. The summed E-state index contributed by atoms with van der Waals surface area (Å²) >= 11 is 6.56. The van der Waals surface area contributed by atoms with Crippen LogP contribution in [0.15, 0.2) is 53.4 Å². The highest BCUT2D eigenvalue weighted by atomic mass is 32.2. The maximum absolute atomic E-state index is 12.8. The van der Waals surface area contributed by atoms with Crippen LogP contribution in [0.4, 0.5) is 5.69 Å². The molecule has 3 aliphatic rings. The second-order valence-corrected chi connectivity index (χ2v) is 10.2. The van der Waals surface area contributed by atoms with Gasteiger partial charge in [0, 0.05) is 30.7 Å². The lowest BCUT2D eigenvalue weighted by Gasteiger charge is -2.27. The molecule has 2 aliphatic heterocycles. The molecule has 2 heterocycles. The van der Waals surface area contributed by atoms with Gasteiger partial charge in [-0.1, -0.05) is 66.8 Å². The van der Waals surface area contributed by atoms with Gasteiger partial charge in [-0.15, -0.1) is 0 Å². The van der Waals surface area contributed by atoms with E-state index in [1.165, 1.54) is 52.7 Å². The average Bonchev–Trinajstić information content (AvgIpc) is 3.43. The molecule has 7 heteroatoms. The van der Waals surface area contributed by atoms with Gasteiger partial charge in [0.15, 0.2) is 0 Å². The molecule has 1 aliphatic carbocycles. The number of carbonyl (C=O) groups is 2. The molecule has 1 saturated carbocycles. The van der Waals surface area contributed by atoms with E-state index in [1.54, 1.807) is 0 Å². The Bertz CT molecular complexity index is 1120. The van der Waals surface area contributed by atoms with Gasteiger partial charge in [-0.25, -0.2) is 0 Å². The number of nitrogens with zero attached hydrogens (tertiary/aromatic N) is 2. The summed E-state index contributed by atoms with van der Waals surface area (Å²) in [7, 11) is 0. The van der Waals surface area contributed by atoms with E-state index in [0.717, 1.165) is 12.1 Å². The van der Waals surface area contributed by atoms with Crippen LogP contribution in [0.1, 0.15) is 48.3 Å². The Kier molecular flexibility index (Phi) is 5.78. The van der Waals surface area contributed by atoms with Crippen molar-refractivity contribution in [1.29, 1.82) is 0 Å². The maximum atomic E-state index is 12.8. The zero-order chi connectivity index (χ0) is 22.2. The van der Waals surface area contributed by atoms with Gasteiger partial charge in [-0.3, -0.25) is 14.5 Å². The average molecular weight is 465 g/mol. The highest BCUT2D eigenvalue weighted by Crippen LogP contribution is 2.50. The van der Waals surface area contributed by atoms with Gasteiger partial charge in [-0.05, 0) is 47.7 Å². The second-order valence-electron chi connectivity index (χ2n) is 8.51. The van der Waals surface area contributed by atoms with Crippen LogP contribution in [-0.4, -0.2) is 38.8 Å². The number of benzene rings is 2. The van der Waals surface area contributed by atoms with E-state index >= 15 is 0 Å². The standard InChI is InChI=1S/C25H24N2O3S2/c28-23(29)11-12-26-24(30)22(32-25(26)31)14-17-9-10-21-19(13-17)18-7-4-8-20(18)27(21)15-16-5-2-1-3-6-16/h1-3,5-6,9-10,13-14,18,20H,4,7-8,11-12,15H2,(H,28,29)/b22-14+. The largest absolute Gasteiger partial charge is 0.481 e. The highest BCUT2D eigenvalue weighted by Gasteiger charge is 2.41. The number of amides is 1. The van der Waals surface area contributed by atoms with Crippen molar-refractivity contribution in [2.45, 2.75) is 44.2 Å². The molecule has 2 aromatic carbocycles. The number of aliphatic carboxylic acids is 1. The van der Waals surface area contributed by atoms with Crippen LogP contribution in [-0.2, 0) is 16.1 Å². The van der Waals surface area contributed by atoms with Crippen molar-refractivity contribution in [1.82, 2.24) is 4.90 Å². The summed E-state index contributed by atoms with van der Waals surface area (Å²) in [6, 6.07) is 17.6. The smallest absolute Gasteiger partial charge is 0.305 e. The van der Waals surface area contributed by atoms with Crippen LogP contribution >= 0.6 is 24.0 Å². The number of thioether (sulfide) groups is 1. The summed E-state index contributed by atoms with van der Waals surface area (Å²) < 4.78 is 0.425. The van der Waals surface area contributed by atoms with E-state index in [4.69, 9.17) is 17.3 Å². The zero-order valence-corrected chi connectivity index (χ0v) is 19.2. The molecule has 2 fully saturated rings. The van der Waals surface area contributed by atoms with Crippen molar-refractivity contribution in [3.8, 4) is 0 Å². The van der Waals surface area contributed by atoms with Crippen molar-refractivity contribution in [2.24, 2.45) is 0 Å². The predicted molar refractivity (Wildman–Crippen MR) is 132 cm³/mol. The summed E-state index contributed by atoms with van der Waals surface area (Å²) in [5.41, 5.74) is 4.99. The third-order valence-corrected chi connectivity index (χ3v) is 7.93. The molecule has 0 aromatic heterocycles. The van der Waals surface area contributed by atoms with Crippen LogP contribution in [0, 0.1) is 0 Å². The molecular weight excluding hydrogens is 440 g/mol. The van der Waals surface area contributed by atoms with Crippen molar-refractivity contribution in [2.75, 3.05) is 11.4 Å². The normalized spacial score (nSPS) is 23.2. The molecule has 0 radical (unpaired) electrons. The van der Waals surface area contributed by atoms with Gasteiger partial charge in [0.1, 0.15) is 4.32 Å². The zero-order valence-electron chi connectivity index (χ0n) is 17.6. The van der Waals surface area contributed by atoms with E-state index in [2.05, 4.69) is 53.4 Å². The van der Waals surface area contributed by atoms with Crippen LogP contribution in [0.5, 0.6) is 0 Å². The SMILES string of the molecule is O=C(O)CCN1C(=O)/C(=C\c2ccc3c(c2)C2CCCC2N3Cc2ccccc2)SC1=S. The minimum absolute atomic E-state index is 0.111. The number of carbonyl (C=O) groups excluding carboxylic acids is 1. The fourth-order valence-corrected chi connectivity index (χ4v) is 6.42. The molecule has 5 nitrogen and oxygen atoms in total. The van der Waals surface area contributed by atoms with Gasteiger partial charge in [-0.2, -0.15) is 0 Å². The molecule has 1 amide bonds. The number of thiocarbonyl (C=S) groups is 1. The minimum Gasteiger partial charge on any atom is -0.481 e. The number of carboxylic acid groups (broad SMARTS) is 1. The Morgan fingerprint density at radius 1 is 1.19 bits per heavy atom. The Balaban J connectivity index is 1.40. The van der Waals surface area contributed by atoms with E-state index in [0.29, 0.717) is 21.2 Å². The summed E-state index contributed by atoms with van der Waals surface area (Å²) in [4.78, 5) is 28.1. The molecular formula is C25H24N2O3S2. The lowest BCUT2D eigenvalue weighted by Crippen LogP contribution is -2.30. The summed E-state index contributed by atoms with van der Waals surface area (Å²) in [6.07, 6.45) is 5.43. The minimum atomic E-state index is -0.937. The Labute approximate surface area is 197 Å². The molecule has 5 rings (SSSR count). The molecule has 0 spiro atoms. The van der Waals surface area contributed by atoms with Crippen LogP contribution in [0.2, 0.25) is 0 Å². The fraction of sp³-hybridized carbons (Fsp3) is 0.320. The Morgan fingerprint density at radius 3 is 2.78 bits per heavy atom. The monoisotopic (exact) mass is 464 g/mol. The van der Waals surface area contributed by atoms with Crippen molar-refractivity contribution in [3.63, 3.8) is 0 Å². The highest BCUT2D eigenvalue weighted by molar-refractivity contribution is 8.26. The lowest BCUT2D eigenvalue weighted by molar-refractivity contribution is -0.137. The Morgan fingerprint density at radius 2 is 2.00 bits per heavy atom. The van der Waals surface area contributed by atoms with E-state index in [1.807, 2.05) is 6.08 Å². The first kappa shape index (κ1) is 21.2. The Hall–Kier alpha value is -2.64. The quantitative estimate of drug-likeness (QED) is 0.479. The molecule has 2 atom stereocenters. The van der Waals surface area contributed by atoms with E-state index in [9.17, 15) is 9.59 Å². The van der Waals surface area contributed by atoms with E-state index in [-0.39, 0.29) is 18.9 Å². The maximum Gasteiger partial charge on any atom is 0.305 e. The summed E-state index contributed by atoms with van der Waals surface area (Å²) in [5, 5.41) is 8.92. The van der Waals surface area contributed by atoms with Crippen LogP contribution < -0.4 is 4.90 Å². The van der Waals surface area contributed by atoms with Crippen LogP contribution in [0.25, 0.3) is 6.08 Å². The van der Waals surface area contributed by atoms with Gasteiger partial charge >= 0.3 is 5.97 Å². The van der Waals surface area contributed by atoms with Gasteiger partial charge in [0.05, 0.1) is 11.3 Å². The van der Waals surface area contributed by atoms with E-state index < -0.39 is 5.97 Å². The fourth-order valence-electron chi connectivity index (χ4n) is 5.11. The van der Waals surface area contributed by atoms with Crippen molar-refractivity contribution >= 4 is 51.9 Å². The van der Waals surface area contributed by atoms with Gasteiger partial charge in [0.2, 0.25) is 0 Å². The number of carboxylic acids is 1.